The zero-order valence-corrected chi connectivity index (χ0v) is 10.8. The van der Waals surface area contributed by atoms with Gasteiger partial charge in [0.25, 0.3) is 0 Å². The first-order valence-corrected chi connectivity index (χ1v) is 6.03. The summed E-state index contributed by atoms with van der Waals surface area (Å²) in [5.74, 6) is -2.00. The lowest BCUT2D eigenvalue weighted by molar-refractivity contribution is 0.542. The smallest absolute Gasteiger partial charge is 0.164 e. The second-order valence-electron chi connectivity index (χ2n) is 4.10. The third-order valence-corrected chi connectivity index (χ3v) is 3.05. The SMILES string of the molecule is CC(Nc1cccc(Cl)c1F)c1c(F)cccc1F. The lowest BCUT2D eigenvalue weighted by Gasteiger charge is -2.17. The Hall–Kier alpha value is -1.68. The molecule has 0 fully saturated rings. The van der Waals surface area contributed by atoms with Gasteiger partial charge >= 0.3 is 0 Å². The zero-order valence-electron chi connectivity index (χ0n) is 10.1. The van der Waals surface area contributed by atoms with E-state index >= 15 is 0 Å². The van der Waals surface area contributed by atoms with E-state index in [9.17, 15) is 13.2 Å². The van der Waals surface area contributed by atoms with Crippen molar-refractivity contribution in [1.29, 1.82) is 0 Å². The molecule has 0 spiro atoms. The van der Waals surface area contributed by atoms with E-state index in [1.165, 1.54) is 18.2 Å². The molecule has 0 aromatic heterocycles. The molecule has 5 heteroatoms. The highest BCUT2D eigenvalue weighted by Crippen LogP contribution is 2.28. The maximum atomic E-state index is 13.7. The van der Waals surface area contributed by atoms with E-state index in [1.807, 2.05) is 0 Å². The Kier molecular flexibility index (Phi) is 4.00. The summed E-state index contributed by atoms with van der Waals surface area (Å²) in [5, 5.41) is 2.66. The number of halogens is 4. The Labute approximate surface area is 114 Å². The largest absolute Gasteiger partial charge is 0.376 e. The predicted octanol–water partition coefficient (Wildman–Crippen LogP) is 4.93. The molecule has 0 saturated heterocycles. The number of hydrogen-bond donors (Lipinski definition) is 1. The fourth-order valence-electron chi connectivity index (χ4n) is 1.85. The van der Waals surface area contributed by atoms with Crippen molar-refractivity contribution in [3.05, 3.63) is 64.4 Å². The summed E-state index contributed by atoms with van der Waals surface area (Å²) in [6, 6.07) is 7.27. The van der Waals surface area contributed by atoms with E-state index in [2.05, 4.69) is 5.32 Å². The third kappa shape index (κ3) is 2.84. The van der Waals surface area contributed by atoms with Crippen LogP contribution in [-0.4, -0.2) is 0 Å². The molecule has 0 aliphatic rings. The second kappa shape index (κ2) is 5.53. The zero-order chi connectivity index (χ0) is 14.0. The molecule has 1 unspecified atom stereocenters. The average Bonchev–Trinajstić information content (AvgIpc) is 2.35. The minimum Gasteiger partial charge on any atom is -0.376 e. The van der Waals surface area contributed by atoms with Crippen molar-refractivity contribution in [2.75, 3.05) is 5.32 Å². The van der Waals surface area contributed by atoms with Crippen molar-refractivity contribution in [1.82, 2.24) is 0 Å². The van der Waals surface area contributed by atoms with Gasteiger partial charge in [-0.1, -0.05) is 23.7 Å². The number of anilines is 1. The minimum atomic E-state index is -0.728. The van der Waals surface area contributed by atoms with Crippen LogP contribution in [0.15, 0.2) is 36.4 Å². The highest BCUT2D eigenvalue weighted by Gasteiger charge is 2.17. The molecule has 2 rings (SSSR count). The van der Waals surface area contributed by atoms with Crippen molar-refractivity contribution in [3.63, 3.8) is 0 Å². The summed E-state index contributed by atoms with van der Waals surface area (Å²) < 4.78 is 40.9. The van der Waals surface area contributed by atoms with Crippen LogP contribution in [0, 0.1) is 17.5 Å². The molecule has 19 heavy (non-hydrogen) atoms. The van der Waals surface area contributed by atoms with Crippen molar-refractivity contribution < 1.29 is 13.2 Å². The summed E-state index contributed by atoms with van der Waals surface area (Å²) in [4.78, 5) is 0. The number of hydrogen-bond acceptors (Lipinski definition) is 1. The van der Waals surface area contributed by atoms with Crippen LogP contribution in [0.4, 0.5) is 18.9 Å². The number of benzene rings is 2. The van der Waals surface area contributed by atoms with Gasteiger partial charge in [-0.25, -0.2) is 13.2 Å². The predicted molar refractivity (Wildman–Crippen MR) is 69.8 cm³/mol. The second-order valence-corrected chi connectivity index (χ2v) is 4.51. The molecule has 2 aromatic carbocycles. The first-order chi connectivity index (χ1) is 9.00. The molecule has 1 N–H and O–H groups in total. The molecule has 0 radical (unpaired) electrons. The average molecular weight is 286 g/mol. The first-order valence-electron chi connectivity index (χ1n) is 5.65. The monoisotopic (exact) mass is 285 g/mol. The standard InChI is InChI=1S/C14H11ClF3N/c1-8(13-10(16)5-3-6-11(13)17)19-12-7-2-4-9(15)14(12)18/h2-8,19H,1H3. The van der Waals surface area contributed by atoms with Gasteiger partial charge in [-0.05, 0) is 31.2 Å². The molecule has 1 atom stereocenters. The van der Waals surface area contributed by atoms with E-state index < -0.39 is 23.5 Å². The molecule has 0 bridgehead atoms. The summed E-state index contributed by atoms with van der Waals surface area (Å²) in [6.45, 7) is 1.54. The van der Waals surface area contributed by atoms with Gasteiger partial charge in [0.05, 0.1) is 16.8 Å². The van der Waals surface area contributed by atoms with Gasteiger partial charge in [-0.3, -0.25) is 0 Å². The van der Waals surface area contributed by atoms with E-state index in [4.69, 9.17) is 11.6 Å². The van der Waals surface area contributed by atoms with Gasteiger partial charge in [-0.15, -0.1) is 0 Å². The molecule has 0 aliphatic carbocycles. The summed E-state index contributed by atoms with van der Waals surface area (Å²) in [7, 11) is 0. The minimum absolute atomic E-state index is 0.0498. The van der Waals surface area contributed by atoms with E-state index in [1.54, 1.807) is 13.0 Å². The normalized spacial score (nSPS) is 12.3. The van der Waals surface area contributed by atoms with Crippen LogP contribution >= 0.6 is 11.6 Å². The van der Waals surface area contributed by atoms with Crippen LogP contribution in [0.3, 0.4) is 0 Å². The van der Waals surface area contributed by atoms with Gasteiger partial charge < -0.3 is 5.32 Å². The van der Waals surface area contributed by atoms with Crippen LogP contribution in [0.1, 0.15) is 18.5 Å². The van der Waals surface area contributed by atoms with E-state index in [0.717, 1.165) is 12.1 Å². The maximum absolute atomic E-state index is 13.7. The Morgan fingerprint density at radius 3 is 2.21 bits per heavy atom. The fraction of sp³-hybridized carbons (Fsp3) is 0.143. The summed E-state index contributed by atoms with van der Waals surface area (Å²) >= 11 is 5.64. The molecule has 0 aliphatic heterocycles. The van der Waals surface area contributed by atoms with Crippen molar-refractivity contribution in [3.8, 4) is 0 Å². The number of nitrogens with one attached hydrogen (secondary N) is 1. The third-order valence-electron chi connectivity index (χ3n) is 2.76. The van der Waals surface area contributed by atoms with Crippen molar-refractivity contribution in [2.45, 2.75) is 13.0 Å². The molecule has 0 heterocycles. The van der Waals surface area contributed by atoms with Crippen molar-refractivity contribution >= 4 is 17.3 Å². The van der Waals surface area contributed by atoms with Crippen LogP contribution in [0.5, 0.6) is 0 Å². The quantitative estimate of drug-likeness (QED) is 0.843. The highest BCUT2D eigenvalue weighted by atomic mass is 35.5. The number of rotatable bonds is 3. The molecular formula is C14H11ClF3N. The molecule has 1 nitrogen and oxygen atoms in total. The van der Waals surface area contributed by atoms with E-state index in [-0.39, 0.29) is 16.3 Å². The van der Waals surface area contributed by atoms with Crippen LogP contribution in [0.2, 0.25) is 5.02 Å². The van der Waals surface area contributed by atoms with Crippen LogP contribution in [-0.2, 0) is 0 Å². The van der Waals surface area contributed by atoms with Gasteiger partial charge in [-0.2, -0.15) is 0 Å². The lowest BCUT2D eigenvalue weighted by Crippen LogP contribution is -2.12. The van der Waals surface area contributed by atoms with Crippen LogP contribution < -0.4 is 5.32 Å². The molecule has 100 valence electrons. The lowest BCUT2D eigenvalue weighted by atomic mass is 10.1. The molecule has 0 amide bonds. The Morgan fingerprint density at radius 2 is 1.58 bits per heavy atom. The van der Waals surface area contributed by atoms with Gasteiger partial charge in [0.15, 0.2) is 5.82 Å². The van der Waals surface area contributed by atoms with Gasteiger partial charge in [0, 0.05) is 5.56 Å². The fourth-order valence-corrected chi connectivity index (χ4v) is 2.02. The Balaban J connectivity index is 2.31. The van der Waals surface area contributed by atoms with Gasteiger partial charge in [0.1, 0.15) is 11.6 Å². The van der Waals surface area contributed by atoms with Crippen LogP contribution in [0.25, 0.3) is 0 Å². The summed E-state index contributed by atoms with van der Waals surface area (Å²) in [6.07, 6.45) is 0. The molecular weight excluding hydrogens is 275 g/mol. The van der Waals surface area contributed by atoms with Crippen molar-refractivity contribution in [2.24, 2.45) is 0 Å². The topological polar surface area (TPSA) is 12.0 Å². The Bertz CT molecular complexity index is 581. The first kappa shape index (κ1) is 13.7. The Morgan fingerprint density at radius 1 is 1.00 bits per heavy atom. The molecule has 2 aromatic rings. The van der Waals surface area contributed by atoms with Gasteiger partial charge in [0.2, 0.25) is 0 Å². The molecule has 0 saturated carbocycles. The summed E-state index contributed by atoms with van der Waals surface area (Å²) in [5.41, 5.74) is -0.0375. The highest BCUT2D eigenvalue weighted by molar-refractivity contribution is 6.31. The maximum Gasteiger partial charge on any atom is 0.164 e. The van der Waals surface area contributed by atoms with E-state index in [0.29, 0.717) is 0 Å².